The Bertz CT molecular complexity index is 619. The first-order chi connectivity index (χ1) is 9.00. The second-order valence-electron chi connectivity index (χ2n) is 4.74. The third kappa shape index (κ3) is 5.23. The molecule has 0 aromatic carbocycles. The molecule has 1 rings (SSSR count). The number of nitrogens with one attached hydrogen (secondary N) is 2. The molecule has 1 heterocycles. The predicted molar refractivity (Wildman–Crippen MR) is 74.2 cm³/mol. The number of sulfonamides is 1. The fourth-order valence-corrected chi connectivity index (χ4v) is 2.67. The second kappa shape index (κ2) is 5.85. The zero-order chi connectivity index (χ0) is 15.6. The summed E-state index contributed by atoms with van der Waals surface area (Å²) in [7, 11) is -3.40. The van der Waals surface area contributed by atoms with Crippen molar-refractivity contribution >= 4 is 33.1 Å². The molecule has 0 bridgehead atoms. The van der Waals surface area contributed by atoms with E-state index in [1.807, 2.05) is 0 Å². The van der Waals surface area contributed by atoms with Gasteiger partial charge in [-0.05, 0) is 25.4 Å². The largest absolute Gasteiger partial charge is 0.362 e. The van der Waals surface area contributed by atoms with E-state index in [0.29, 0.717) is 0 Å². The first-order valence-electron chi connectivity index (χ1n) is 5.40. The van der Waals surface area contributed by atoms with E-state index in [4.69, 9.17) is 11.6 Å². The maximum absolute atomic E-state index is 11.2. The Labute approximate surface area is 121 Å². The molecule has 0 atom stereocenters. The highest BCUT2D eigenvalue weighted by atomic mass is 35.5. The van der Waals surface area contributed by atoms with Crippen molar-refractivity contribution in [2.75, 3.05) is 18.1 Å². The van der Waals surface area contributed by atoms with Gasteiger partial charge in [0.05, 0.1) is 11.2 Å². The number of aromatic nitrogens is 2. The molecule has 0 aliphatic carbocycles. The Morgan fingerprint density at radius 1 is 1.50 bits per heavy atom. The van der Waals surface area contributed by atoms with Crippen LogP contribution in [0, 0.1) is 10.1 Å². The fraction of sp³-hybridized carbons (Fsp3) is 0.556. The summed E-state index contributed by atoms with van der Waals surface area (Å²) < 4.78 is 24.8. The van der Waals surface area contributed by atoms with E-state index >= 15 is 0 Å². The van der Waals surface area contributed by atoms with Crippen molar-refractivity contribution in [1.29, 1.82) is 0 Å². The molecule has 2 N–H and O–H groups in total. The summed E-state index contributed by atoms with van der Waals surface area (Å²) in [6.07, 6.45) is 2.01. The van der Waals surface area contributed by atoms with Crippen molar-refractivity contribution < 1.29 is 13.3 Å². The molecule has 0 spiro atoms. The zero-order valence-electron chi connectivity index (χ0n) is 11.0. The molecule has 20 heavy (non-hydrogen) atoms. The monoisotopic (exact) mass is 323 g/mol. The van der Waals surface area contributed by atoms with Crippen LogP contribution in [0.5, 0.6) is 0 Å². The van der Waals surface area contributed by atoms with Crippen LogP contribution in [-0.2, 0) is 10.0 Å². The number of nitrogens with zero attached hydrogens (tertiary/aromatic N) is 3. The minimum atomic E-state index is -3.40. The van der Waals surface area contributed by atoms with Crippen molar-refractivity contribution in [2.24, 2.45) is 0 Å². The van der Waals surface area contributed by atoms with Crippen LogP contribution in [0.3, 0.4) is 0 Å². The Morgan fingerprint density at radius 3 is 2.60 bits per heavy atom. The fourth-order valence-electron chi connectivity index (χ4n) is 1.46. The molecule has 0 saturated heterocycles. The highest BCUT2D eigenvalue weighted by Crippen LogP contribution is 2.22. The lowest BCUT2D eigenvalue weighted by Gasteiger charge is -2.25. The third-order valence-electron chi connectivity index (χ3n) is 2.10. The quantitative estimate of drug-likeness (QED) is 0.449. The van der Waals surface area contributed by atoms with Crippen LogP contribution in [0.15, 0.2) is 6.20 Å². The van der Waals surface area contributed by atoms with E-state index < -0.39 is 20.5 Å². The normalized spacial score (nSPS) is 12.2. The Morgan fingerprint density at radius 2 is 2.10 bits per heavy atom. The van der Waals surface area contributed by atoms with Gasteiger partial charge in [-0.2, -0.15) is 4.98 Å². The van der Waals surface area contributed by atoms with E-state index in [9.17, 15) is 18.5 Å². The Hall–Kier alpha value is -1.52. The first kappa shape index (κ1) is 16.5. The Kier molecular flexibility index (Phi) is 4.84. The molecule has 0 aliphatic rings. The lowest BCUT2D eigenvalue weighted by molar-refractivity contribution is -0.384. The molecular weight excluding hydrogens is 310 g/mol. The molecule has 0 fully saturated rings. The van der Waals surface area contributed by atoms with Crippen molar-refractivity contribution in [2.45, 2.75) is 19.4 Å². The average molecular weight is 324 g/mol. The minimum Gasteiger partial charge on any atom is -0.362 e. The number of hydrogen-bond donors (Lipinski definition) is 2. The molecule has 0 aliphatic heterocycles. The van der Waals surface area contributed by atoms with E-state index in [1.54, 1.807) is 13.8 Å². The van der Waals surface area contributed by atoms with Crippen LogP contribution in [0.4, 0.5) is 11.5 Å². The molecule has 112 valence electrons. The van der Waals surface area contributed by atoms with Crippen LogP contribution >= 0.6 is 11.6 Å². The van der Waals surface area contributed by atoms with Crippen molar-refractivity contribution in [3.63, 3.8) is 0 Å². The summed E-state index contributed by atoms with van der Waals surface area (Å²) in [6.45, 7) is 3.32. The average Bonchev–Trinajstić information content (AvgIpc) is 2.22. The zero-order valence-corrected chi connectivity index (χ0v) is 12.6. The van der Waals surface area contributed by atoms with Crippen molar-refractivity contribution in [1.82, 2.24) is 14.7 Å². The van der Waals surface area contributed by atoms with Crippen molar-refractivity contribution in [3.8, 4) is 0 Å². The number of hydrogen-bond acceptors (Lipinski definition) is 7. The molecule has 0 unspecified atom stereocenters. The van der Waals surface area contributed by atoms with Crippen LogP contribution in [-0.4, -0.2) is 41.6 Å². The van der Waals surface area contributed by atoms with Gasteiger partial charge in [0.2, 0.25) is 21.1 Å². The maximum Gasteiger partial charge on any atom is 0.329 e. The summed E-state index contributed by atoms with van der Waals surface area (Å²) >= 11 is 5.58. The highest BCUT2D eigenvalue weighted by Gasteiger charge is 2.24. The van der Waals surface area contributed by atoms with Gasteiger partial charge >= 0.3 is 5.69 Å². The van der Waals surface area contributed by atoms with Gasteiger partial charge in [-0.25, -0.2) is 18.1 Å². The summed E-state index contributed by atoms with van der Waals surface area (Å²) in [5.74, 6) is -0.0709. The number of anilines is 1. The Balaban J connectivity index is 2.89. The smallest absolute Gasteiger partial charge is 0.329 e. The van der Waals surface area contributed by atoms with Gasteiger partial charge in [0, 0.05) is 12.1 Å². The van der Waals surface area contributed by atoms with Gasteiger partial charge in [-0.15, -0.1) is 0 Å². The summed E-state index contributed by atoms with van der Waals surface area (Å²) in [5, 5.41) is 13.4. The van der Waals surface area contributed by atoms with Gasteiger partial charge in [0.25, 0.3) is 0 Å². The van der Waals surface area contributed by atoms with Crippen LogP contribution < -0.4 is 10.0 Å². The van der Waals surface area contributed by atoms with Crippen LogP contribution in [0.1, 0.15) is 13.8 Å². The van der Waals surface area contributed by atoms with Gasteiger partial charge in [-0.1, -0.05) is 0 Å². The summed E-state index contributed by atoms with van der Waals surface area (Å²) in [6, 6.07) is 0. The number of rotatable bonds is 6. The maximum atomic E-state index is 11.2. The second-order valence-corrected chi connectivity index (χ2v) is 6.83. The highest BCUT2D eigenvalue weighted by molar-refractivity contribution is 7.88. The topological polar surface area (TPSA) is 127 Å². The van der Waals surface area contributed by atoms with E-state index in [2.05, 4.69) is 20.0 Å². The van der Waals surface area contributed by atoms with E-state index in [1.165, 1.54) is 0 Å². The van der Waals surface area contributed by atoms with Crippen LogP contribution in [0.2, 0.25) is 5.28 Å². The summed E-state index contributed by atoms with van der Waals surface area (Å²) in [4.78, 5) is 17.4. The third-order valence-corrected chi connectivity index (χ3v) is 3.20. The first-order valence-corrected chi connectivity index (χ1v) is 7.67. The standard InChI is InChI=1S/C9H14ClN5O4S/c1-9(2,14-20(3,18)19)5-12-7-6(15(16)17)4-11-8(10)13-7/h4,14H,5H2,1-3H3,(H,11,12,13). The molecule has 1 aromatic heterocycles. The lowest BCUT2D eigenvalue weighted by Crippen LogP contribution is -2.47. The van der Waals surface area contributed by atoms with E-state index in [0.717, 1.165) is 12.5 Å². The van der Waals surface area contributed by atoms with Gasteiger partial charge in [0.15, 0.2) is 0 Å². The van der Waals surface area contributed by atoms with Crippen molar-refractivity contribution in [3.05, 3.63) is 21.6 Å². The molecule has 11 heteroatoms. The molecule has 1 aromatic rings. The number of nitro groups is 1. The molecule has 0 amide bonds. The van der Waals surface area contributed by atoms with Gasteiger partial charge in [0.1, 0.15) is 6.20 Å². The minimum absolute atomic E-state index is 0.0709. The number of halogens is 1. The lowest BCUT2D eigenvalue weighted by atomic mass is 10.1. The molecule has 9 nitrogen and oxygen atoms in total. The molecular formula is C9H14ClN5O4S. The molecule has 0 saturated carbocycles. The van der Waals surface area contributed by atoms with Crippen LogP contribution in [0.25, 0.3) is 0 Å². The predicted octanol–water partition coefficient (Wildman–Crippen LogP) is 0.778. The SMILES string of the molecule is CC(C)(CNc1nc(Cl)ncc1[N+](=O)[O-])NS(C)(=O)=O. The summed E-state index contributed by atoms with van der Waals surface area (Å²) in [5.41, 5.74) is -1.21. The van der Waals surface area contributed by atoms with Gasteiger partial charge < -0.3 is 5.32 Å². The molecule has 0 radical (unpaired) electrons. The van der Waals surface area contributed by atoms with E-state index in [-0.39, 0.29) is 23.3 Å². The van der Waals surface area contributed by atoms with Gasteiger partial charge in [-0.3, -0.25) is 10.1 Å².